The average Bonchev–Trinajstić information content (AvgIpc) is 2.78. The first kappa shape index (κ1) is 12.1. The molecule has 0 radical (unpaired) electrons. The van der Waals surface area contributed by atoms with E-state index in [0.717, 1.165) is 11.1 Å². The molecule has 0 saturated heterocycles. The summed E-state index contributed by atoms with van der Waals surface area (Å²) in [5, 5.41) is 14.8. The first-order chi connectivity index (χ1) is 8.65. The van der Waals surface area contributed by atoms with Gasteiger partial charge in [0.15, 0.2) is 0 Å². The maximum absolute atomic E-state index is 12.8. The Bertz CT molecular complexity index is 537. The van der Waals surface area contributed by atoms with Crippen LogP contribution >= 0.6 is 0 Å². The summed E-state index contributed by atoms with van der Waals surface area (Å²) < 4.78 is 14.4. The van der Waals surface area contributed by atoms with E-state index in [1.807, 2.05) is 0 Å². The van der Waals surface area contributed by atoms with Crippen molar-refractivity contribution in [3.63, 3.8) is 0 Å². The Morgan fingerprint density at radius 3 is 2.72 bits per heavy atom. The third-order valence-electron chi connectivity index (χ3n) is 2.43. The number of benzene rings is 1. The maximum atomic E-state index is 12.8. The molecule has 0 atom stereocenters. The van der Waals surface area contributed by atoms with E-state index in [4.69, 9.17) is 5.11 Å². The number of hydrogen-bond acceptors (Lipinski definition) is 2. The van der Waals surface area contributed by atoms with Crippen LogP contribution in [0.25, 0.3) is 11.1 Å². The molecule has 0 aliphatic rings. The number of aromatic nitrogens is 2. The van der Waals surface area contributed by atoms with E-state index in [2.05, 4.69) is 10.4 Å². The lowest BCUT2D eigenvalue weighted by Gasteiger charge is -2.00. The number of carboxylic acid groups (broad SMARTS) is 1. The minimum absolute atomic E-state index is 0.281. The Labute approximate surface area is 103 Å². The van der Waals surface area contributed by atoms with Crippen LogP contribution in [-0.4, -0.2) is 27.5 Å². The van der Waals surface area contributed by atoms with E-state index in [1.54, 1.807) is 29.2 Å². The van der Waals surface area contributed by atoms with E-state index in [-0.39, 0.29) is 5.82 Å². The van der Waals surface area contributed by atoms with Gasteiger partial charge in [0, 0.05) is 18.3 Å². The van der Waals surface area contributed by atoms with E-state index in [1.165, 1.54) is 12.1 Å². The highest BCUT2D eigenvalue weighted by molar-refractivity contribution is 5.64. The van der Waals surface area contributed by atoms with Crippen LogP contribution in [0.3, 0.4) is 0 Å². The molecule has 0 saturated carbocycles. The second-order valence-electron chi connectivity index (χ2n) is 3.73. The molecule has 5 nitrogen and oxygen atoms in total. The van der Waals surface area contributed by atoms with Crippen molar-refractivity contribution < 1.29 is 14.3 Å². The second-order valence-corrected chi connectivity index (χ2v) is 3.73. The fraction of sp³-hybridized carbons (Fsp3) is 0.167. The molecule has 0 aliphatic carbocycles. The number of amides is 1. The monoisotopic (exact) mass is 249 g/mol. The zero-order chi connectivity index (χ0) is 13.0. The van der Waals surface area contributed by atoms with Gasteiger partial charge in [0.1, 0.15) is 5.82 Å². The first-order valence-electron chi connectivity index (χ1n) is 5.40. The average molecular weight is 249 g/mol. The number of nitrogens with one attached hydrogen (secondary N) is 1. The summed E-state index contributed by atoms with van der Waals surface area (Å²) in [6.07, 6.45) is 2.39. The fourth-order valence-corrected chi connectivity index (χ4v) is 1.55. The molecule has 0 fully saturated rings. The molecule has 18 heavy (non-hydrogen) atoms. The molecule has 2 rings (SSSR count). The SMILES string of the molecule is O=C(O)NCCn1cc(-c2ccc(F)cc2)cn1. The molecule has 1 heterocycles. The third-order valence-corrected chi connectivity index (χ3v) is 2.43. The highest BCUT2D eigenvalue weighted by Crippen LogP contribution is 2.18. The van der Waals surface area contributed by atoms with Crippen molar-refractivity contribution in [2.75, 3.05) is 6.54 Å². The quantitative estimate of drug-likeness (QED) is 0.870. The van der Waals surface area contributed by atoms with Crippen molar-refractivity contribution in [1.82, 2.24) is 15.1 Å². The van der Waals surface area contributed by atoms with Gasteiger partial charge in [-0.1, -0.05) is 12.1 Å². The molecular formula is C12H12FN3O2. The Kier molecular flexibility index (Phi) is 3.57. The van der Waals surface area contributed by atoms with E-state index >= 15 is 0 Å². The van der Waals surface area contributed by atoms with Gasteiger partial charge < -0.3 is 10.4 Å². The number of hydrogen-bond donors (Lipinski definition) is 2. The van der Waals surface area contributed by atoms with Crippen LogP contribution in [0.5, 0.6) is 0 Å². The van der Waals surface area contributed by atoms with Crippen molar-refractivity contribution in [2.24, 2.45) is 0 Å². The van der Waals surface area contributed by atoms with Gasteiger partial charge in [-0.3, -0.25) is 4.68 Å². The summed E-state index contributed by atoms with van der Waals surface area (Å²) in [7, 11) is 0. The molecule has 6 heteroatoms. The van der Waals surface area contributed by atoms with Gasteiger partial charge in [-0.05, 0) is 17.7 Å². The van der Waals surface area contributed by atoms with Gasteiger partial charge in [-0.25, -0.2) is 9.18 Å². The molecule has 94 valence electrons. The summed E-state index contributed by atoms with van der Waals surface area (Å²) in [6, 6.07) is 6.12. The molecule has 0 spiro atoms. The normalized spacial score (nSPS) is 10.3. The summed E-state index contributed by atoms with van der Waals surface area (Å²) in [5.74, 6) is -0.281. The van der Waals surface area contributed by atoms with Crippen LogP contribution in [0.4, 0.5) is 9.18 Å². The van der Waals surface area contributed by atoms with Gasteiger partial charge in [-0.15, -0.1) is 0 Å². The van der Waals surface area contributed by atoms with Crippen LogP contribution in [0.2, 0.25) is 0 Å². The largest absolute Gasteiger partial charge is 0.465 e. The van der Waals surface area contributed by atoms with E-state index in [0.29, 0.717) is 13.1 Å². The summed E-state index contributed by atoms with van der Waals surface area (Å²) in [4.78, 5) is 10.3. The summed E-state index contributed by atoms with van der Waals surface area (Å²) in [6.45, 7) is 0.743. The minimum atomic E-state index is -1.05. The molecular weight excluding hydrogens is 237 g/mol. The van der Waals surface area contributed by atoms with Crippen molar-refractivity contribution in [3.8, 4) is 11.1 Å². The van der Waals surface area contributed by atoms with Crippen LogP contribution < -0.4 is 5.32 Å². The van der Waals surface area contributed by atoms with E-state index in [9.17, 15) is 9.18 Å². The van der Waals surface area contributed by atoms with Gasteiger partial charge in [0.25, 0.3) is 0 Å². The van der Waals surface area contributed by atoms with E-state index < -0.39 is 6.09 Å². The lowest BCUT2D eigenvalue weighted by Crippen LogP contribution is -2.25. The zero-order valence-corrected chi connectivity index (χ0v) is 9.51. The molecule has 0 aliphatic heterocycles. The highest BCUT2D eigenvalue weighted by atomic mass is 19.1. The van der Waals surface area contributed by atoms with Crippen LogP contribution in [0, 0.1) is 5.82 Å². The lowest BCUT2D eigenvalue weighted by molar-refractivity contribution is 0.194. The summed E-state index contributed by atoms with van der Waals surface area (Å²) in [5.41, 5.74) is 1.74. The van der Waals surface area contributed by atoms with Crippen molar-refractivity contribution in [1.29, 1.82) is 0 Å². The van der Waals surface area contributed by atoms with Crippen LogP contribution in [0.15, 0.2) is 36.7 Å². The molecule has 2 aromatic rings. The molecule has 1 amide bonds. The highest BCUT2D eigenvalue weighted by Gasteiger charge is 2.02. The Balaban J connectivity index is 2.01. The predicted octanol–water partition coefficient (Wildman–Crippen LogP) is 1.96. The fourth-order valence-electron chi connectivity index (χ4n) is 1.55. The Morgan fingerprint density at radius 2 is 2.06 bits per heavy atom. The van der Waals surface area contributed by atoms with Crippen molar-refractivity contribution in [2.45, 2.75) is 6.54 Å². The van der Waals surface area contributed by atoms with Gasteiger partial charge in [0.05, 0.1) is 12.7 Å². The van der Waals surface area contributed by atoms with Gasteiger partial charge in [0.2, 0.25) is 0 Å². The van der Waals surface area contributed by atoms with Crippen LogP contribution in [0.1, 0.15) is 0 Å². The number of nitrogens with zero attached hydrogens (tertiary/aromatic N) is 2. The second kappa shape index (κ2) is 5.31. The lowest BCUT2D eigenvalue weighted by atomic mass is 10.1. The molecule has 2 N–H and O–H groups in total. The smallest absolute Gasteiger partial charge is 0.404 e. The third kappa shape index (κ3) is 3.07. The van der Waals surface area contributed by atoms with Crippen molar-refractivity contribution >= 4 is 6.09 Å². The summed E-state index contributed by atoms with van der Waals surface area (Å²) >= 11 is 0. The topological polar surface area (TPSA) is 67.2 Å². The number of halogens is 1. The number of carbonyl (C=O) groups is 1. The minimum Gasteiger partial charge on any atom is -0.465 e. The molecule has 1 aromatic carbocycles. The van der Waals surface area contributed by atoms with Gasteiger partial charge >= 0.3 is 6.09 Å². The first-order valence-corrected chi connectivity index (χ1v) is 5.40. The zero-order valence-electron chi connectivity index (χ0n) is 9.51. The Morgan fingerprint density at radius 1 is 1.33 bits per heavy atom. The molecule has 1 aromatic heterocycles. The molecule has 0 unspecified atom stereocenters. The van der Waals surface area contributed by atoms with Crippen molar-refractivity contribution in [3.05, 3.63) is 42.5 Å². The maximum Gasteiger partial charge on any atom is 0.404 e. The number of rotatable bonds is 4. The van der Waals surface area contributed by atoms with Crippen LogP contribution in [-0.2, 0) is 6.54 Å². The Hall–Kier alpha value is -2.37. The molecule has 0 bridgehead atoms. The van der Waals surface area contributed by atoms with Gasteiger partial charge in [-0.2, -0.15) is 5.10 Å². The standard InChI is InChI=1S/C12H12FN3O2/c13-11-3-1-9(2-4-11)10-7-15-16(8-10)6-5-14-12(17)18/h1-4,7-8,14H,5-6H2,(H,17,18). The predicted molar refractivity (Wildman–Crippen MR) is 63.6 cm³/mol.